The minimum Gasteiger partial charge on any atom is -0.508 e. The maximum atomic E-state index is 11.6. The molecule has 0 aliphatic carbocycles. The third-order valence-corrected chi connectivity index (χ3v) is 5.80. The van der Waals surface area contributed by atoms with E-state index < -0.39 is 67.4 Å². The number of carboxylic acid groups (broad SMARTS) is 1. The van der Waals surface area contributed by atoms with Crippen molar-refractivity contribution < 1.29 is 60.2 Å². The van der Waals surface area contributed by atoms with Gasteiger partial charge >= 0.3 is 5.97 Å². The van der Waals surface area contributed by atoms with E-state index in [1.54, 1.807) is 12.1 Å². The molecule has 1 fully saturated rings. The molecular formula is C24H29NO12. The van der Waals surface area contributed by atoms with Crippen LogP contribution in [0.4, 0.5) is 0 Å². The second-order valence-electron chi connectivity index (χ2n) is 8.43. The Morgan fingerprint density at radius 3 is 2.24 bits per heavy atom. The summed E-state index contributed by atoms with van der Waals surface area (Å²) in [5.74, 6) is -2.79. The molecule has 1 saturated heterocycles. The van der Waals surface area contributed by atoms with E-state index in [1.807, 2.05) is 0 Å². The number of aryl methyl sites for hydroxylation is 1. The maximum absolute atomic E-state index is 11.6. The third-order valence-electron chi connectivity index (χ3n) is 5.80. The minimum absolute atomic E-state index is 0.00205. The molecule has 2 aromatic rings. The van der Waals surface area contributed by atoms with Gasteiger partial charge in [-0.15, -0.1) is 0 Å². The smallest absolute Gasteiger partial charge is 0.330 e. The fourth-order valence-corrected chi connectivity index (χ4v) is 3.80. The molecular weight excluding hydrogens is 494 g/mol. The summed E-state index contributed by atoms with van der Waals surface area (Å²) in [6.45, 7) is -1.58. The topological polar surface area (TPSA) is 230 Å². The lowest BCUT2D eigenvalue weighted by atomic mass is 9.98. The van der Waals surface area contributed by atoms with E-state index in [4.69, 9.17) is 9.47 Å². The van der Waals surface area contributed by atoms with Crippen molar-refractivity contribution in [2.24, 2.45) is 4.99 Å². The molecule has 0 saturated carbocycles. The van der Waals surface area contributed by atoms with E-state index in [-0.39, 0.29) is 35.6 Å². The molecule has 0 amide bonds. The van der Waals surface area contributed by atoms with E-state index in [0.717, 1.165) is 17.7 Å². The number of carbonyl (C=O) groups is 1. The number of aliphatic hydroxyl groups excluding tert-OH is 5. The van der Waals surface area contributed by atoms with Crippen LogP contribution in [0.5, 0.6) is 23.0 Å². The summed E-state index contributed by atoms with van der Waals surface area (Å²) < 4.78 is 11.0. The zero-order chi connectivity index (χ0) is 27.3. The number of hydrogen-bond donors (Lipinski definition) is 9. The molecule has 0 spiro atoms. The number of aromatic hydroxyl groups is 3. The fourth-order valence-electron chi connectivity index (χ4n) is 3.80. The van der Waals surface area contributed by atoms with E-state index in [0.29, 0.717) is 0 Å². The van der Waals surface area contributed by atoms with Crippen LogP contribution >= 0.6 is 0 Å². The monoisotopic (exact) mass is 523 g/mol. The Morgan fingerprint density at radius 1 is 0.973 bits per heavy atom. The van der Waals surface area contributed by atoms with Crippen LogP contribution in [0, 0.1) is 0 Å². The average Bonchev–Trinajstić information content (AvgIpc) is 2.85. The number of aliphatic carboxylic acids is 1. The normalized spacial score (nSPS) is 25.0. The van der Waals surface area contributed by atoms with E-state index in [1.165, 1.54) is 12.1 Å². The van der Waals surface area contributed by atoms with Crippen molar-refractivity contribution in [3.05, 3.63) is 47.5 Å². The number of ether oxygens (including phenoxy) is 2. The predicted octanol–water partition coefficient (Wildman–Crippen LogP) is -1.15. The molecule has 13 heteroatoms. The molecule has 0 radical (unpaired) electrons. The van der Waals surface area contributed by atoms with E-state index in [9.17, 15) is 50.8 Å². The maximum Gasteiger partial charge on any atom is 0.330 e. The summed E-state index contributed by atoms with van der Waals surface area (Å²) in [4.78, 5) is 15.7. The highest BCUT2D eigenvalue weighted by atomic mass is 16.7. The van der Waals surface area contributed by atoms with Crippen LogP contribution in [-0.4, -0.2) is 108 Å². The summed E-state index contributed by atoms with van der Waals surface area (Å²) in [6.07, 6.45) is -7.96. The van der Waals surface area contributed by atoms with Crippen LogP contribution < -0.4 is 4.74 Å². The molecule has 1 aliphatic heterocycles. The van der Waals surface area contributed by atoms with Gasteiger partial charge in [0.25, 0.3) is 0 Å². The number of phenols is 3. The molecule has 1 unspecified atom stereocenters. The molecule has 0 bridgehead atoms. The Morgan fingerprint density at radius 2 is 1.65 bits per heavy atom. The molecule has 0 aromatic heterocycles. The SMILES string of the molecule is O=C(O)C(CO)N=C(CCc1ccc(O)cc1)c1c(O)cc(O)cc1O[C@@H]1O[C@H](CO)[C@@H](O)[C@H](O)[C@H]1O. The van der Waals surface area contributed by atoms with Crippen LogP contribution in [0.1, 0.15) is 17.5 Å². The molecule has 6 atom stereocenters. The van der Waals surface area contributed by atoms with Gasteiger partial charge in [-0.2, -0.15) is 0 Å². The zero-order valence-corrected chi connectivity index (χ0v) is 19.5. The lowest BCUT2D eigenvalue weighted by molar-refractivity contribution is -0.277. The van der Waals surface area contributed by atoms with Crippen molar-refractivity contribution in [3.63, 3.8) is 0 Å². The van der Waals surface area contributed by atoms with Gasteiger partial charge in [-0.05, 0) is 30.5 Å². The Balaban J connectivity index is 2.03. The number of hydrogen-bond acceptors (Lipinski definition) is 12. The Hall–Kier alpha value is -3.46. The minimum atomic E-state index is -1.81. The lowest BCUT2D eigenvalue weighted by Gasteiger charge is -2.39. The highest BCUT2D eigenvalue weighted by Gasteiger charge is 2.45. The molecule has 1 aliphatic rings. The second-order valence-corrected chi connectivity index (χ2v) is 8.43. The van der Waals surface area contributed by atoms with Crippen molar-refractivity contribution in [2.75, 3.05) is 13.2 Å². The van der Waals surface area contributed by atoms with Crippen LogP contribution in [0.25, 0.3) is 0 Å². The first-order valence-electron chi connectivity index (χ1n) is 11.3. The van der Waals surface area contributed by atoms with E-state index in [2.05, 4.69) is 4.99 Å². The second kappa shape index (κ2) is 12.2. The highest BCUT2D eigenvalue weighted by molar-refractivity contribution is 6.06. The van der Waals surface area contributed by atoms with Crippen LogP contribution in [0.2, 0.25) is 0 Å². The Labute approximate surface area is 210 Å². The van der Waals surface area contributed by atoms with Gasteiger partial charge in [0.1, 0.15) is 47.4 Å². The molecule has 1 heterocycles. The third kappa shape index (κ3) is 6.65. The quantitative estimate of drug-likeness (QED) is 0.168. The van der Waals surface area contributed by atoms with Gasteiger partial charge in [-0.3, -0.25) is 4.99 Å². The molecule has 3 rings (SSSR count). The highest BCUT2D eigenvalue weighted by Crippen LogP contribution is 2.37. The van der Waals surface area contributed by atoms with Gasteiger partial charge in [-0.1, -0.05) is 12.1 Å². The van der Waals surface area contributed by atoms with Crippen molar-refractivity contribution in [2.45, 2.75) is 49.6 Å². The summed E-state index contributed by atoms with van der Waals surface area (Å²) in [6, 6.07) is 6.51. The zero-order valence-electron chi connectivity index (χ0n) is 19.5. The Bertz CT molecular complexity index is 1100. The summed E-state index contributed by atoms with van der Waals surface area (Å²) in [5, 5.41) is 89.0. The van der Waals surface area contributed by atoms with Gasteiger partial charge in [0, 0.05) is 12.1 Å². The number of aliphatic hydroxyl groups is 5. The predicted molar refractivity (Wildman–Crippen MR) is 126 cm³/mol. The number of aliphatic imine (C=N–C) groups is 1. The van der Waals surface area contributed by atoms with Crippen LogP contribution in [0.3, 0.4) is 0 Å². The van der Waals surface area contributed by atoms with Gasteiger partial charge in [0.15, 0.2) is 6.04 Å². The Kier molecular flexibility index (Phi) is 9.26. The number of rotatable bonds is 10. The van der Waals surface area contributed by atoms with Crippen molar-refractivity contribution >= 4 is 11.7 Å². The first kappa shape index (κ1) is 28.1. The van der Waals surface area contributed by atoms with Crippen molar-refractivity contribution in [1.29, 1.82) is 0 Å². The van der Waals surface area contributed by atoms with Crippen LogP contribution in [0.15, 0.2) is 41.4 Å². The molecule has 2 aromatic carbocycles. The van der Waals surface area contributed by atoms with Gasteiger partial charge in [0.2, 0.25) is 6.29 Å². The average molecular weight is 523 g/mol. The largest absolute Gasteiger partial charge is 0.508 e. The van der Waals surface area contributed by atoms with Crippen molar-refractivity contribution in [1.82, 2.24) is 0 Å². The standard InChI is InChI=1S/C24H29NO12/c26-9-15(23(34)35)25-14(6-3-11-1-4-12(28)5-2-11)19-16(30)7-13(29)8-17(19)36-24-22(33)21(32)20(31)18(10-27)37-24/h1-2,4-5,7-8,15,18,20-22,24,26-33H,3,6,9-10H2,(H,34,35)/t15?,18-,20-,21+,22-,24-/m1/s1. The van der Waals surface area contributed by atoms with E-state index >= 15 is 0 Å². The number of carboxylic acids is 1. The first-order chi connectivity index (χ1) is 17.5. The number of nitrogens with zero attached hydrogens (tertiary/aromatic N) is 1. The molecule has 37 heavy (non-hydrogen) atoms. The summed E-state index contributed by atoms with van der Waals surface area (Å²) in [7, 11) is 0. The van der Waals surface area contributed by atoms with Gasteiger partial charge in [-0.25, -0.2) is 4.79 Å². The fraction of sp³-hybridized carbons (Fsp3) is 0.417. The van der Waals surface area contributed by atoms with Gasteiger partial charge in [0.05, 0.1) is 24.5 Å². The van der Waals surface area contributed by atoms with Gasteiger partial charge < -0.3 is 55.4 Å². The number of phenolic OH excluding ortho intramolecular Hbond substituents is 3. The molecule has 9 N–H and O–H groups in total. The first-order valence-corrected chi connectivity index (χ1v) is 11.3. The molecule has 202 valence electrons. The van der Waals surface area contributed by atoms with Crippen LogP contribution in [-0.2, 0) is 16.0 Å². The summed E-state index contributed by atoms with van der Waals surface area (Å²) >= 11 is 0. The van der Waals surface area contributed by atoms with Crippen molar-refractivity contribution in [3.8, 4) is 23.0 Å². The lowest BCUT2D eigenvalue weighted by Crippen LogP contribution is -2.60. The number of benzene rings is 2. The summed E-state index contributed by atoms with van der Waals surface area (Å²) in [5.41, 5.74) is 0.482. The molecule has 13 nitrogen and oxygen atoms in total.